The standard InChI is InChI=1S/C8H14N2OS/c1-5(2)6-8(3,4)12-7(9-6)10-11/h5,11H,1-4H3. The van der Waals surface area contributed by atoms with E-state index in [0.717, 1.165) is 5.71 Å². The molecule has 0 atom stereocenters. The van der Waals surface area contributed by atoms with Crippen molar-refractivity contribution in [2.75, 3.05) is 0 Å². The van der Waals surface area contributed by atoms with Gasteiger partial charge in [0.1, 0.15) is 0 Å². The average molecular weight is 186 g/mol. The average Bonchev–Trinajstić information content (AvgIpc) is 2.25. The minimum absolute atomic E-state index is 0.0181. The third-order valence-corrected chi connectivity index (χ3v) is 2.89. The number of oxime groups is 1. The van der Waals surface area contributed by atoms with Crippen molar-refractivity contribution in [3.05, 3.63) is 0 Å². The summed E-state index contributed by atoms with van der Waals surface area (Å²) in [6.07, 6.45) is 0. The van der Waals surface area contributed by atoms with Gasteiger partial charge < -0.3 is 5.21 Å². The third kappa shape index (κ3) is 1.63. The van der Waals surface area contributed by atoms with Crippen LogP contribution in [0.25, 0.3) is 0 Å². The SMILES string of the molecule is CC(C)C1=NC(=NO)SC1(C)C. The van der Waals surface area contributed by atoms with Crippen LogP contribution in [0.15, 0.2) is 10.1 Å². The lowest BCUT2D eigenvalue weighted by Gasteiger charge is -2.20. The molecule has 0 aromatic heterocycles. The fraction of sp³-hybridized carbons (Fsp3) is 0.750. The molecule has 1 rings (SSSR count). The summed E-state index contributed by atoms with van der Waals surface area (Å²) in [6.45, 7) is 8.38. The fourth-order valence-electron chi connectivity index (χ4n) is 1.41. The molecule has 68 valence electrons. The van der Waals surface area contributed by atoms with Gasteiger partial charge in [-0.3, -0.25) is 0 Å². The number of nitrogens with zero attached hydrogens (tertiary/aromatic N) is 2. The van der Waals surface area contributed by atoms with Crippen molar-refractivity contribution in [1.82, 2.24) is 0 Å². The largest absolute Gasteiger partial charge is 0.409 e. The highest BCUT2D eigenvalue weighted by atomic mass is 32.2. The predicted molar refractivity (Wildman–Crippen MR) is 53.2 cm³/mol. The van der Waals surface area contributed by atoms with Gasteiger partial charge in [-0.2, -0.15) is 0 Å². The van der Waals surface area contributed by atoms with E-state index in [2.05, 4.69) is 37.8 Å². The Kier molecular flexibility index (Phi) is 2.46. The number of rotatable bonds is 1. The van der Waals surface area contributed by atoms with E-state index < -0.39 is 0 Å². The molecule has 0 bridgehead atoms. The molecule has 4 heteroatoms. The van der Waals surface area contributed by atoms with Crippen LogP contribution in [0, 0.1) is 5.92 Å². The van der Waals surface area contributed by atoms with Crippen LogP contribution in [0.1, 0.15) is 27.7 Å². The Balaban J connectivity index is 2.96. The Morgan fingerprint density at radius 2 is 2.08 bits per heavy atom. The van der Waals surface area contributed by atoms with Gasteiger partial charge in [-0.05, 0) is 19.8 Å². The minimum atomic E-state index is -0.0181. The Morgan fingerprint density at radius 1 is 1.50 bits per heavy atom. The van der Waals surface area contributed by atoms with Crippen molar-refractivity contribution in [3.63, 3.8) is 0 Å². The van der Waals surface area contributed by atoms with E-state index in [0.29, 0.717) is 11.1 Å². The number of hydrogen-bond donors (Lipinski definition) is 1. The van der Waals surface area contributed by atoms with Gasteiger partial charge in [-0.15, -0.1) is 0 Å². The maximum absolute atomic E-state index is 8.56. The molecule has 0 spiro atoms. The summed E-state index contributed by atoms with van der Waals surface area (Å²) >= 11 is 1.50. The Labute approximate surface area is 77.0 Å². The molecule has 0 saturated carbocycles. The van der Waals surface area contributed by atoms with Gasteiger partial charge in [-0.1, -0.05) is 30.8 Å². The zero-order chi connectivity index (χ0) is 9.35. The molecule has 0 unspecified atom stereocenters. The Morgan fingerprint density at radius 3 is 2.33 bits per heavy atom. The molecule has 0 amide bonds. The maximum Gasteiger partial charge on any atom is 0.226 e. The second-order valence-electron chi connectivity index (χ2n) is 3.65. The lowest BCUT2D eigenvalue weighted by molar-refractivity contribution is 0.320. The quantitative estimate of drug-likeness (QED) is 0.504. The van der Waals surface area contributed by atoms with Gasteiger partial charge in [0.05, 0.1) is 4.75 Å². The molecule has 1 heterocycles. The van der Waals surface area contributed by atoms with Crippen LogP contribution >= 0.6 is 11.8 Å². The summed E-state index contributed by atoms with van der Waals surface area (Å²) in [5.41, 5.74) is 1.10. The van der Waals surface area contributed by atoms with E-state index in [1.54, 1.807) is 0 Å². The van der Waals surface area contributed by atoms with E-state index in [9.17, 15) is 0 Å². The topological polar surface area (TPSA) is 45.0 Å². The Hall–Kier alpha value is -0.510. The highest BCUT2D eigenvalue weighted by Crippen LogP contribution is 2.36. The molecule has 1 aliphatic heterocycles. The highest BCUT2D eigenvalue weighted by molar-refractivity contribution is 8.16. The number of thioether (sulfide) groups is 1. The molecule has 3 nitrogen and oxygen atoms in total. The van der Waals surface area contributed by atoms with Crippen molar-refractivity contribution in [1.29, 1.82) is 0 Å². The maximum atomic E-state index is 8.56. The summed E-state index contributed by atoms with van der Waals surface area (Å²) < 4.78 is -0.0181. The van der Waals surface area contributed by atoms with Crippen molar-refractivity contribution >= 4 is 22.6 Å². The zero-order valence-electron chi connectivity index (χ0n) is 7.83. The molecule has 1 N–H and O–H groups in total. The smallest absolute Gasteiger partial charge is 0.226 e. The van der Waals surface area contributed by atoms with E-state index in [1.807, 2.05) is 0 Å². The third-order valence-electron chi connectivity index (χ3n) is 1.81. The van der Waals surface area contributed by atoms with Crippen LogP contribution in [0.5, 0.6) is 0 Å². The molecule has 0 aromatic carbocycles. The summed E-state index contributed by atoms with van der Waals surface area (Å²) in [5, 5.41) is 12.1. The van der Waals surface area contributed by atoms with Crippen molar-refractivity contribution < 1.29 is 5.21 Å². The molecule has 12 heavy (non-hydrogen) atoms. The van der Waals surface area contributed by atoms with Crippen molar-refractivity contribution in [3.8, 4) is 0 Å². The van der Waals surface area contributed by atoms with Gasteiger partial charge >= 0.3 is 0 Å². The molecule has 0 aromatic rings. The lowest BCUT2D eigenvalue weighted by atomic mass is 9.97. The second kappa shape index (κ2) is 3.09. The van der Waals surface area contributed by atoms with Gasteiger partial charge in [0, 0.05) is 5.71 Å². The monoisotopic (exact) mass is 186 g/mol. The second-order valence-corrected chi connectivity index (χ2v) is 5.24. The highest BCUT2D eigenvalue weighted by Gasteiger charge is 2.35. The summed E-state index contributed by atoms with van der Waals surface area (Å²) in [4.78, 5) is 4.24. The zero-order valence-corrected chi connectivity index (χ0v) is 8.64. The molecule has 0 saturated heterocycles. The van der Waals surface area contributed by atoms with E-state index in [1.165, 1.54) is 11.8 Å². The van der Waals surface area contributed by atoms with Gasteiger partial charge in [-0.25, -0.2) is 4.99 Å². The first-order chi connectivity index (χ1) is 5.47. The minimum Gasteiger partial charge on any atom is -0.409 e. The van der Waals surface area contributed by atoms with E-state index >= 15 is 0 Å². The van der Waals surface area contributed by atoms with Crippen LogP contribution in [0.2, 0.25) is 0 Å². The van der Waals surface area contributed by atoms with Gasteiger partial charge in [0.2, 0.25) is 5.17 Å². The number of amidine groups is 1. The number of aliphatic imine (C=N–C) groups is 1. The van der Waals surface area contributed by atoms with Gasteiger partial charge in [0.15, 0.2) is 0 Å². The van der Waals surface area contributed by atoms with Crippen LogP contribution in [0.3, 0.4) is 0 Å². The van der Waals surface area contributed by atoms with E-state index in [-0.39, 0.29) is 4.75 Å². The van der Waals surface area contributed by atoms with E-state index in [4.69, 9.17) is 5.21 Å². The summed E-state index contributed by atoms with van der Waals surface area (Å²) in [6, 6.07) is 0. The molecule has 0 fully saturated rings. The van der Waals surface area contributed by atoms with Crippen LogP contribution in [0.4, 0.5) is 0 Å². The molecule has 1 aliphatic rings. The first-order valence-corrected chi connectivity index (χ1v) is 4.79. The molecule has 0 aliphatic carbocycles. The molecular weight excluding hydrogens is 172 g/mol. The normalized spacial score (nSPS) is 25.1. The van der Waals surface area contributed by atoms with Gasteiger partial charge in [0.25, 0.3) is 0 Å². The molecular formula is C8H14N2OS. The lowest BCUT2D eigenvalue weighted by Crippen LogP contribution is -2.28. The van der Waals surface area contributed by atoms with Crippen molar-refractivity contribution in [2.45, 2.75) is 32.4 Å². The summed E-state index contributed by atoms with van der Waals surface area (Å²) in [5.74, 6) is 0.409. The van der Waals surface area contributed by atoms with Crippen LogP contribution in [-0.2, 0) is 0 Å². The first-order valence-electron chi connectivity index (χ1n) is 3.97. The van der Waals surface area contributed by atoms with Crippen LogP contribution in [-0.4, -0.2) is 20.8 Å². The Bertz CT molecular complexity index is 243. The molecule has 0 radical (unpaired) electrons. The summed E-state index contributed by atoms with van der Waals surface area (Å²) in [7, 11) is 0. The van der Waals surface area contributed by atoms with Crippen molar-refractivity contribution in [2.24, 2.45) is 16.1 Å². The first kappa shape index (κ1) is 9.58. The van der Waals surface area contributed by atoms with Crippen LogP contribution < -0.4 is 0 Å². The number of hydrogen-bond acceptors (Lipinski definition) is 3. The fourth-order valence-corrected chi connectivity index (χ4v) is 2.44. The predicted octanol–water partition coefficient (Wildman–Crippen LogP) is 2.35.